The van der Waals surface area contributed by atoms with Crippen molar-refractivity contribution in [2.24, 2.45) is 0 Å². The predicted octanol–water partition coefficient (Wildman–Crippen LogP) is 5.22. The first-order chi connectivity index (χ1) is 15.7. The van der Waals surface area contributed by atoms with Crippen LogP contribution in [0, 0.1) is 6.92 Å². The van der Waals surface area contributed by atoms with Gasteiger partial charge in [0.2, 0.25) is 0 Å². The summed E-state index contributed by atoms with van der Waals surface area (Å²) in [6.07, 6.45) is 0.955. The van der Waals surface area contributed by atoms with Gasteiger partial charge in [-0.1, -0.05) is 47.0 Å². The SMILES string of the molecule is Cc1nnsc1C(=O)Nc1ccc(Oc2ccc(CCNCc3ccccc3)cc2)cc1. The van der Waals surface area contributed by atoms with Crippen molar-refractivity contribution in [2.45, 2.75) is 19.9 Å². The molecular weight excluding hydrogens is 420 g/mol. The summed E-state index contributed by atoms with van der Waals surface area (Å²) in [6, 6.07) is 25.8. The van der Waals surface area contributed by atoms with Crippen LogP contribution in [0.3, 0.4) is 0 Å². The lowest BCUT2D eigenvalue weighted by Gasteiger charge is -2.09. The molecule has 1 amide bonds. The second-order valence-corrected chi connectivity index (χ2v) is 8.08. The number of hydrogen-bond acceptors (Lipinski definition) is 6. The summed E-state index contributed by atoms with van der Waals surface area (Å²) in [5.41, 5.74) is 3.86. The molecule has 0 aliphatic heterocycles. The lowest BCUT2D eigenvalue weighted by atomic mass is 10.1. The Morgan fingerprint density at radius 1 is 0.906 bits per heavy atom. The molecule has 0 saturated carbocycles. The third-order valence-electron chi connectivity index (χ3n) is 4.89. The number of nitrogens with zero attached hydrogens (tertiary/aromatic N) is 2. The summed E-state index contributed by atoms with van der Waals surface area (Å²) >= 11 is 1.09. The Morgan fingerprint density at radius 3 is 2.25 bits per heavy atom. The van der Waals surface area contributed by atoms with Crippen molar-refractivity contribution in [1.82, 2.24) is 14.9 Å². The molecule has 0 spiro atoms. The van der Waals surface area contributed by atoms with E-state index in [1.54, 1.807) is 6.92 Å². The van der Waals surface area contributed by atoms with Gasteiger partial charge in [0.1, 0.15) is 16.4 Å². The maximum atomic E-state index is 12.3. The summed E-state index contributed by atoms with van der Waals surface area (Å²) in [5.74, 6) is 1.27. The van der Waals surface area contributed by atoms with E-state index in [0.29, 0.717) is 22.0 Å². The Hall–Kier alpha value is -3.55. The molecule has 2 N–H and O–H groups in total. The average molecular weight is 445 g/mol. The molecule has 32 heavy (non-hydrogen) atoms. The number of carbonyl (C=O) groups is 1. The van der Waals surface area contributed by atoms with E-state index in [9.17, 15) is 4.79 Å². The summed E-state index contributed by atoms with van der Waals surface area (Å²) in [5, 5.41) is 10.2. The van der Waals surface area contributed by atoms with Crippen LogP contribution >= 0.6 is 11.5 Å². The fourth-order valence-corrected chi connectivity index (χ4v) is 3.71. The highest BCUT2D eigenvalue weighted by Crippen LogP contribution is 2.24. The average Bonchev–Trinajstić information content (AvgIpc) is 3.26. The van der Waals surface area contributed by atoms with Gasteiger partial charge in [-0.3, -0.25) is 4.79 Å². The van der Waals surface area contributed by atoms with Gasteiger partial charge in [-0.25, -0.2) is 0 Å². The van der Waals surface area contributed by atoms with Gasteiger partial charge in [0.05, 0.1) is 5.69 Å². The Labute approximate surface area is 191 Å². The number of aromatic nitrogens is 2. The zero-order valence-electron chi connectivity index (χ0n) is 17.7. The van der Waals surface area contributed by atoms with Gasteiger partial charge < -0.3 is 15.4 Å². The number of amides is 1. The van der Waals surface area contributed by atoms with Crippen LogP contribution in [0.15, 0.2) is 78.9 Å². The van der Waals surface area contributed by atoms with Gasteiger partial charge in [-0.05, 0) is 78.9 Å². The number of carbonyl (C=O) groups excluding carboxylic acids is 1. The monoisotopic (exact) mass is 444 g/mol. The van der Waals surface area contributed by atoms with Gasteiger partial charge in [-0.2, -0.15) is 0 Å². The molecule has 0 atom stereocenters. The number of hydrogen-bond donors (Lipinski definition) is 2. The third-order valence-corrected chi connectivity index (χ3v) is 5.72. The van der Waals surface area contributed by atoms with Crippen molar-refractivity contribution >= 4 is 23.1 Å². The Morgan fingerprint density at radius 2 is 1.59 bits per heavy atom. The number of anilines is 1. The smallest absolute Gasteiger partial charge is 0.269 e. The van der Waals surface area contributed by atoms with Crippen molar-refractivity contribution in [3.63, 3.8) is 0 Å². The molecule has 1 aromatic heterocycles. The molecule has 0 fully saturated rings. The quantitative estimate of drug-likeness (QED) is 0.346. The summed E-state index contributed by atoms with van der Waals surface area (Å²) in [6.45, 7) is 3.56. The highest BCUT2D eigenvalue weighted by atomic mass is 32.1. The van der Waals surface area contributed by atoms with Gasteiger partial charge in [0.15, 0.2) is 0 Å². The molecule has 0 bridgehead atoms. The molecule has 0 radical (unpaired) electrons. The topological polar surface area (TPSA) is 76.1 Å². The highest BCUT2D eigenvalue weighted by molar-refractivity contribution is 7.08. The van der Waals surface area contributed by atoms with Crippen LogP contribution in [0.1, 0.15) is 26.5 Å². The Balaban J connectivity index is 1.24. The van der Waals surface area contributed by atoms with E-state index in [0.717, 1.165) is 36.8 Å². The molecule has 4 aromatic rings. The van der Waals surface area contributed by atoms with Crippen LogP contribution in [0.2, 0.25) is 0 Å². The zero-order valence-corrected chi connectivity index (χ0v) is 18.6. The number of rotatable bonds is 9. The molecule has 0 unspecified atom stereocenters. The molecule has 162 valence electrons. The van der Waals surface area contributed by atoms with E-state index in [1.165, 1.54) is 11.1 Å². The lowest BCUT2D eigenvalue weighted by Crippen LogP contribution is -2.16. The fourth-order valence-electron chi connectivity index (χ4n) is 3.16. The molecule has 6 nitrogen and oxygen atoms in total. The molecule has 0 saturated heterocycles. The number of aryl methyl sites for hydroxylation is 1. The van der Waals surface area contributed by atoms with Crippen molar-refractivity contribution in [3.8, 4) is 11.5 Å². The van der Waals surface area contributed by atoms with Crippen molar-refractivity contribution in [1.29, 1.82) is 0 Å². The minimum atomic E-state index is -0.208. The third kappa shape index (κ3) is 6.00. The van der Waals surface area contributed by atoms with Crippen LogP contribution in [-0.2, 0) is 13.0 Å². The van der Waals surface area contributed by atoms with Gasteiger partial charge >= 0.3 is 0 Å². The molecule has 4 rings (SSSR count). The Kier molecular flexibility index (Phi) is 7.22. The molecular formula is C25H24N4O2S. The molecule has 0 aliphatic rings. The molecule has 1 heterocycles. The van der Waals surface area contributed by atoms with Crippen LogP contribution < -0.4 is 15.4 Å². The van der Waals surface area contributed by atoms with Gasteiger partial charge in [0.25, 0.3) is 5.91 Å². The van der Waals surface area contributed by atoms with E-state index in [4.69, 9.17) is 4.74 Å². The first-order valence-corrected chi connectivity index (χ1v) is 11.2. The predicted molar refractivity (Wildman–Crippen MR) is 127 cm³/mol. The summed E-state index contributed by atoms with van der Waals surface area (Å²) in [4.78, 5) is 12.8. The summed E-state index contributed by atoms with van der Waals surface area (Å²) < 4.78 is 9.71. The lowest BCUT2D eigenvalue weighted by molar-refractivity contribution is 0.103. The van der Waals surface area contributed by atoms with E-state index >= 15 is 0 Å². The summed E-state index contributed by atoms with van der Waals surface area (Å²) in [7, 11) is 0. The number of nitrogens with one attached hydrogen (secondary N) is 2. The van der Waals surface area contributed by atoms with E-state index in [2.05, 4.69) is 56.6 Å². The van der Waals surface area contributed by atoms with Gasteiger partial charge in [-0.15, -0.1) is 5.10 Å². The van der Waals surface area contributed by atoms with E-state index in [1.807, 2.05) is 42.5 Å². The second-order valence-electron chi connectivity index (χ2n) is 7.32. The van der Waals surface area contributed by atoms with Gasteiger partial charge in [0, 0.05) is 12.2 Å². The number of benzene rings is 3. The first-order valence-electron chi connectivity index (χ1n) is 10.4. The fraction of sp³-hybridized carbons (Fsp3) is 0.160. The molecule has 3 aromatic carbocycles. The minimum Gasteiger partial charge on any atom is -0.457 e. The standard InChI is InChI=1S/C25H24N4O2S/c1-18-24(32-29-28-18)25(30)27-21-9-13-23(14-10-21)31-22-11-7-19(8-12-22)15-16-26-17-20-5-3-2-4-6-20/h2-14,26H,15-17H2,1H3,(H,27,30). The molecule has 7 heteroatoms. The maximum Gasteiger partial charge on any atom is 0.269 e. The van der Waals surface area contributed by atoms with Crippen LogP contribution in [0.25, 0.3) is 0 Å². The first kappa shape index (κ1) is 21.7. The van der Waals surface area contributed by atoms with Crippen molar-refractivity contribution in [2.75, 3.05) is 11.9 Å². The minimum absolute atomic E-state index is 0.208. The zero-order chi connectivity index (χ0) is 22.2. The largest absolute Gasteiger partial charge is 0.457 e. The van der Waals surface area contributed by atoms with E-state index in [-0.39, 0.29) is 5.91 Å². The normalized spacial score (nSPS) is 10.7. The second kappa shape index (κ2) is 10.7. The number of ether oxygens (including phenoxy) is 1. The Bertz CT molecular complexity index is 1140. The van der Waals surface area contributed by atoms with Crippen LogP contribution in [0.4, 0.5) is 5.69 Å². The van der Waals surface area contributed by atoms with E-state index < -0.39 is 0 Å². The molecule has 0 aliphatic carbocycles. The van der Waals surface area contributed by atoms with Crippen molar-refractivity contribution < 1.29 is 9.53 Å². The van der Waals surface area contributed by atoms with Crippen LogP contribution in [-0.4, -0.2) is 22.0 Å². The van der Waals surface area contributed by atoms with Crippen LogP contribution in [0.5, 0.6) is 11.5 Å². The maximum absolute atomic E-state index is 12.3. The van der Waals surface area contributed by atoms with Crippen molar-refractivity contribution in [3.05, 3.63) is 101 Å². The highest BCUT2D eigenvalue weighted by Gasteiger charge is 2.13.